The van der Waals surface area contributed by atoms with Gasteiger partial charge in [0.25, 0.3) is 0 Å². The molecule has 0 saturated heterocycles. The highest BCUT2D eigenvalue weighted by Gasteiger charge is 2.27. The fourth-order valence-electron chi connectivity index (χ4n) is 3.08. The zero-order valence-electron chi connectivity index (χ0n) is 15.9. The van der Waals surface area contributed by atoms with Crippen molar-refractivity contribution in [2.75, 3.05) is 19.3 Å². The second kappa shape index (κ2) is 8.80. The molecule has 3 rings (SSSR count). The maximum atomic E-state index is 12.3. The Kier molecular flexibility index (Phi) is 6.42. The monoisotopic (exact) mass is 418 g/mol. The molecule has 0 atom stereocenters. The Labute approximate surface area is 171 Å². The Morgan fingerprint density at radius 3 is 2.57 bits per heavy atom. The van der Waals surface area contributed by atoms with Crippen molar-refractivity contribution in [2.45, 2.75) is 19.8 Å². The number of ether oxygens (including phenoxy) is 1. The van der Waals surface area contributed by atoms with E-state index in [1.165, 1.54) is 4.31 Å². The first-order chi connectivity index (χ1) is 13.4. The zero-order chi connectivity index (χ0) is 20.1. The van der Waals surface area contributed by atoms with Crippen LogP contribution in [0.15, 0.2) is 65.2 Å². The lowest BCUT2D eigenvalue weighted by atomic mass is 9.99. The van der Waals surface area contributed by atoms with Crippen LogP contribution in [-0.2, 0) is 16.4 Å². The quantitative estimate of drug-likeness (QED) is 0.639. The molecule has 28 heavy (non-hydrogen) atoms. The molecule has 148 valence electrons. The first-order valence-electron chi connectivity index (χ1n) is 9.09. The van der Waals surface area contributed by atoms with Gasteiger partial charge in [0.15, 0.2) is 0 Å². The van der Waals surface area contributed by atoms with Crippen molar-refractivity contribution in [2.24, 2.45) is 4.99 Å². The van der Waals surface area contributed by atoms with Crippen LogP contribution in [0.2, 0.25) is 5.02 Å². The van der Waals surface area contributed by atoms with Gasteiger partial charge in [-0.05, 0) is 37.6 Å². The highest BCUT2D eigenvalue weighted by atomic mass is 35.5. The molecule has 2 aromatic rings. The van der Waals surface area contributed by atoms with Crippen LogP contribution in [0.5, 0.6) is 11.5 Å². The Bertz CT molecular complexity index is 1000. The van der Waals surface area contributed by atoms with Crippen molar-refractivity contribution >= 4 is 27.5 Å². The second-order valence-electron chi connectivity index (χ2n) is 6.42. The SMILES string of the molecule is CCS(=O)(=O)N1CC=C(Cc2c(Cl)cccc2Oc2ccccc2)CC1=NC. The summed E-state index contributed by atoms with van der Waals surface area (Å²) in [6.07, 6.45) is 2.98. The van der Waals surface area contributed by atoms with Crippen LogP contribution in [0.1, 0.15) is 18.9 Å². The average molecular weight is 419 g/mol. The van der Waals surface area contributed by atoms with Crippen molar-refractivity contribution in [3.05, 3.63) is 70.8 Å². The number of aliphatic imine (C=N–C) groups is 1. The van der Waals surface area contributed by atoms with E-state index in [-0.39, 0.29) is 12.3 Å². The molecule has 0 saturated carbocycles. The van der Waals surface area contributed by atoms with E-state index in [2.05, 4.69) is 4.99 Å². The van der Waals surface area contributed by atoms with Gasteiger partial charge in [-0.15, -0.1) is 0 Å². The molecule has 0 bridgehead atoms. The molecule has 0 aliphatic carbocycles. The largest absolute Gasteiger partial charge is 0.457 e. The minimum absolute atomic E-state index is 0.0504. The molecule has 1 aliphatic rings. The van der Waals surface area contributed by atoms with Crippen LogP contribution in [0.4, 0.5) is 0 Å². The average Bonchev–Trinajstić information content (AvgIpc) is 2.71. The van der Waals surface area contributed by atoms with Crippen molar-refractivity contribution in [1.82, 2.24) is 4.31 Å². The predicted molar refractivity (Wildman–Crippen MR) is 114 cm³/mol. The van der Waals surface area contributed by atoms with E-state index in [4.69, 9.17) is 16.3 Å². The fraction of sp³-hybridized carbons (Fsp3) is 0.286. The third-order valence-electron chi connectivity index (χ3n) is 4.63. The van der Waals surface area contributed by atoms with Crippen molar-refractivity contribution < 1.29 is 13.2 Å². The lowest BCUT2D eigenvalue weighted by Gasteiger charge is -2.29. The minimum Gasteiger partial charge on any atom is -0.457 e. The maximum absolute atomic E-state index is 12.3. The lowest BCUT2D eigenvalue weighted by Crippen LogP contribution is -2.40. The summed E-state index contributed by atoms with van der Waals surface area (Å²) in [5.74, 6) is 2.03. The molecule has 1 heterocycles. The summed E-state index contributed by atoms with van der Waals surface area (Å²) in [6, 6.07) is 15.1. The second-order valence-corrected chi connectivity index (χ2v) is 9.01. The van der Waals surface area contributed by atoms with Crippen molar-refractivity contribution in [3.8, 4) is 11.5 Å². The van der Waals surface area contributed by atoms with Crippen LogP contribution >= 0.6 is 11.6 Å². The van der Waals surface area contributed by atoms with Gasteiger partial charge < -0.3 is 4.74 Å². The highest BCUT2D eigenvalue weighted by Crippen LogP contribution is 2.33. The maximum Gasteiger partial charge on any atom is 0.236 e. The van der Waals surface area contributed by atoms with E-state index in [9.17, 15) is 8.42 Å². The number of benzene rings is 2. The number of sulfonamides is 1. The van der Waals surface area contributed by atoms with Crippen LogP contribution < -0.4 is 4.74 Å². The van der Waals surface area contributed by atoms with Crippen molar-refractivity contribution in [1.29, 1.82) is 0 Å². The standard InChI is InChI=1S/C21H23ClN2O3S/c1-3-28(25,26)24-13-12-16(15-21(24)23-2)14-18-19(22)10-7-11-20(18)27-17-8-5-4-6-9-17/h4-12H,3,13-15H2,1-2H3. The smallest absolute Gasteiger partial charge is 0.236 e. The summed E-state index contributed by atoms with van der Waals surface area (Å²) in [6.45, 7) is 1.93. The molecule has 7 heteroatoms. The number of halogens is 1. The van der Waals surface area contributed by atoms with Crippen LogP contribution in [0.3, 0.4) is 0 Å². The van der Waals surface area contributed by atoms with Gasteiger partial charge in [-0.2, -0.15) is 0 Å². The van der Waals surface area contributed by atoms with E-state index in [0.717, 1.165) is 16.9 Å². The number of para-hydroxylation sites is 1. The molecule has 0 unspecified atom stereocenters. The Balaban J connectivity index is 1.86. The minimum atomic E-state index is -3.33. The van der Waals surface area contributed by atoms with Crippen LogP contribution in [0.25, 0.3) is 0 Å². The van der Waals surface area contributed by atoms with Gasteiger partial charge in [0.1, 0.15) is 17.3 Å². The van der Waals surface area contributed by atoms with Gasteiger partial charge in [-0.3, -0.25) is 9.30 Å². The van der Waals surface area contributed by atoms with E-state index in [0.29, 0.717) is 29.4 Å². The summed E-state index contributed by atoms with van der Waals surface area (Å²) in [5.41, 5.74) is 1.94. The molecule has 2 aromatic carbocycles. The summed E-state index contributed by atoms with van der Waals surface area (Å²) < 4.78 is 32.0. The van der Waals surface area contributed by atoms with Crippen LogP contribution in [0, 0.1) is 0 Å². The first-order valence-corrected chi connectivity index (χ1v) is 11.1. The number of amidine groups is 1. The zero-order valence-corrected chi connectivity index (χ0v) is 17.5. The third kappa shape index (κ3) is 4.56. The van der Waals surface area contributed by atoms with Gasteiger partial charge in [0.05, 0.1) is 12.3 Å². The molecule has 0 aromatic heterocycles. The van der Waals surface area contributed by atoms with E-state index in [1.807, 2.05) is 54.6 Å². The van der Waals surface area contributed by atoms with Gasteiger partial charge >= 0.3 is 0 Å². The number of hydrogen-bond acceptors (Lipinski definition) is 4. The first kappa shape index (κ1) is 20.4. The molecule has 0 fully saturated rings. The Hall–Kier alpha value is -2.31. The fourth-order valence-corrected chi connectivity index (χ4v) is 4.40. The lowest BCUT2D eigenvalue weighted by molar-refractivity contribution is 0.477. The molecular weight excluding hydrogens is 396 g/mol. The molecular formula is C21H23ClN2O3S. The molecule has 0 radical (unpaired) electrons. The van der Waals surface area contributed by atoms with Crippen molar-refractivity contribution in [3.63, 3.8) is 0 Å². The predicted octanol–water partition coefficient (Wildman–Crippen LogP) is 4.68. The Morgan fingerprint density at radius 2 is 1.89 bits per heavy atom. The summed E-state index contributed by atoms with van der Waals surface area (Å²) in [5, 5.41) is 0.618. The Morgan fingerprint density at radius 1 is 1.14 bits per heavy atom. The third-order valence-corrected chi connectivity index (χ3v) is 6.74. The summed E-state index contributed by atoms with van der Waals surface area (Å²) in [7, 11) is -1.71. The molecule has 5 nitrogen and oxygen atoms in total. The van der Waals surface area contributed by atoms with Gasteiger partial charge in [0.2, 0.25) is 10.0 Å². The molecule has 0 spiro atoms. The summed E-state index contributed by atoms with van der Waals surface area (Å²) in [4.78, 5) is 4.21. The van der Waals surface area contributed by atoms with E-state index in [1.54, 1.807) is 14.0 Å². The van der Waals surface area contributed by atoms with E-state index >= 15 is 0 Å². The van der Waals surface area contributed by atoms with E-state index < -0.39 is 10.0 Å². The topological polar surface area (TPSA) is 59.0 Å². The highest BCUT2D eigenvalue weighted by molar-refractivity contribution is 7.89. The van der Waals surface area contributed by atoms with Gasteiger partial charge in [-0.25, -0.2) is 8.42 Å². The number of nitrogens with zero attached hydrogens (tertiary/aromatic N) is 2. The number of rotatable bonds is 6. The van der Waals surface area contributed by atoms with Gasteiger partial charge in [0, 0.05) is 24.1 Å². The number of hydrogen-bond donors (Lipinski definition) is 0. The molecule has 0 amide bonds. The van der Waals surface area contributed by atoms with Gasteiger partial charge in [-0.1, -0.05) is 47.5 Å². The molecule has 0 N–H and O–H groups in total. The normalized spacial score (nSPS) is 16.2. The summed E-state index contributed by atoms with van der Waals surface area (Å²) >= 11 is 6.47. The van der Waals surface area contributed by atoms with Crippen LogP contribution in [-0.4, -0.2) is 37.9 Å². The molecule has 1 aliphatic heterocycles.